The molecule has 0 fully saturated rings. The molecule has 7 nitrogen and oxygen atoms in total. The smallest absolute Gasteiger partial charge is 0.353 e. The van der Waals surface area contributed by atoms with E-state index in [1.807, 2.05) is 35.7 Å². The highest BCUT2D eigenvalue weighted by Gasteiger charge is 2.30. The van der Waals surface area contributed by atoms with Crippen molar-refractivity contribution in [2.24, 2.45) is 4.40 Å². The van der Waals surface area contributed by atoms with E-state index in [-0.39, 0.29) is 11.3 Å². The molecule has 0 radical (unpaired) electrons. The number of methoxy groups -OCH3 is 1. The Balaban J connectivity index is 1.91. The van der Waals surface area contributed by atoms with Crippen molar-refractivity contribution >= 4 is 57.7 Å². The van der Waals surface area contributed by atoms with Gasteiger partial charge in [-0.2, -0.15) is 0 Å². The number of halogens is 1. The van der Waals surface area contributed by atoms with Crippen LogP contribution >= 0.6 is 34.5 Å². The predicted octanol–water partition coefficient (Wildman–Crippen LogP) is 2.07. The molecular formula is C13H14IN5O2S. The number of anilines is 1. The second-order valence-electron chi connectivity index (χ2n) is 4.89. The number of carbonyl (C=O) groups excluding carboxylic acids is 1. The Kier molecular flexibility index (Phi) is 4.26. The van der Waals surface area contributed by atoms with Gasteiger partial charge in [-0.05, 0) is 41.5 Å². The van der Waals surface area contributed by atoms with E-state index in [0.29, 0.717) is 12.1 Å². The lowest BCUT2D eigenvalue weighted by atomic mass is 10.2. The van der Waals surface area contributed by atoms with E-state index in [4.69, 9.17) is 4.74 Å². The first-order valence-electron chi connectivity index (χ1n) is 6.55. The van der Waals surface area contributed by atoms with Crippen molar-refractivity contribution in [2.75, 3.05) is 19.1 Å². The highest BCUT2D eigenvalue weighted by atomic mass is 127. The minimum atomic E-state index is -0.374. The Morgan fingerprint density at radius 2 is 2.36 bits per heavy atom. The number of ether oxygens (including phenoxy) is 1. The van der Waals surface area contributed by atoms with Crippen molar-refractivity contribution in [2.45, 2.75) is 18.7 Å². The summed E-state index contributed by atoms with van der Waals surface area (Å²) in [7, 11) is 3.31. The zero-order valence-electron chi connectivity index (χ0n) is 12.3. The summed E-state index contributed by atoms with van der Waals surface area (Å²) in [5.74, 6) is 0.405. The number of rotatable bonds is 3. The summed E-state index contributed by atoms with van der Waals surface area (Å²) < 4.78 is 12.0. The maximum absolute atomic E-state index is 11.6. The first-order chi connectivity index (χ1) is 10.5. The summed E-state index contributed by atoms with van der Waals surface area (Å²) in [4.78, 5) is 22.6. The highest BCUT2D eigenvalue weighted by Crippen LogP contribution is 2.32. The summed E-state index contributed by atoms with van der Waals surface area (Å²) in [5.41, 5.74) is 2.15. The third-order valence-electron chi connectivity index (χ3n) is 3.39. The normalized spacial score (nSPS) is 17.6. The maximum atomic E-state index is 11.6. The van der Waals surface area contributed by atoms with E-state index < -0.39 is 0 Å². The van der Waals surface area contributed by atoms with Gasteiger partial charge in [0.05, 0.1) is 19.0 Å². The summed E-state index contributed by atoms with van der Waals surface area (Å²) in [6.07, 6.45) is 4.29. The van der Waals surface area contributed by atoms with Gasteiger partial charge < -0.3 is 9.64 Å². The molecule has 1 unspecified atom stereocenters. The topological polar surface area (TPSA) is 72.1 Å². The van der Waals surface area contributed by atoms with Crippen LogP contribution in [0.25, 0.3) is 5.65 Å². The van der Waals surface area contributed by atoms with Crippen LogP contribution in [0.1, 0.15) is 12.1 Å². The van der Waals surface area contributed by atoms with Crippen molar-refractivity contribution in [3.63, 3.8) is 0 Å². The van der Waals surface area contributed by atoms with Gasteiger partial charge in [0.1, 0.15) is 14.8 Å². The number of hydrogen-bond acceptors (Lipinski definition) is 7. The van der Waals surface area contributed by atoms with Crippen LogP contribution < -0.4 is 4.90 Å². The van der Waals surface area contributed by atoms with E-state index in [1.165, 1.54) is 19.1 Å². The van der Waals surface area contributed by atoms with Crippen molar-refractivity contribution in [3.8, 4) is 0 Å². The monoisotopic (exact) mass is 431 g/mol. The molecule has 0 N–H and O–H groups in total. The lowest BCUT2D eigenvalue weighted by Crippen LogP contribution is -2.31. The van der Waals surface area contributed by atoms with Gasteiger partial charge in [-0.3, -0.25) is 4.40 Å². The Morgan fingerprint density at radius 3 is 3.09 bits per heavy atom. The number of aryl methyl sites for hydroxylation is 1. The van der Waals surface area contributed by atoms with E-state index in [0.717, 1.165) is 20.9 Å². The maximum Gasteiger partial charge on any atom is 0.353 e. The molecule has 0 aliphatic carbocycles. The molecule has 0 saturated heterocycles. The minimum absolute atomic E-state index is 0.00145. The van der Waals surface area contributed by atoms with Crippen molar-refractivity contribution in [1.29, 1.82) is 0 Å². The van der Waals surface area contributed by atoms with Crippen LogP contribution in [0.3, 0.4) is 0 Å². The van der Waals surface area contributed by atoms with Gasteiger partial charge in [0.2, 0.25) is 0 Å². The highest BCUT2D eigenvalue weighted by molar-refractivity contribution is 14.1. The molecule has 0 aromatic carbocycles. The lowest BCUT2D eigenvalue weighted by Gasteiger charge is -2.24. The van der Waals surface area contributed by atoms with Crippen LogP contribution in [-0.4, -0.2) is 45.6 Å². The van der Waals surface area contributed by atoms with Crippen LogP contribution in [-0.2, 0) is 9.53 Å². The fraction of sp³-hybridized carbons (Fsp3) is 0.385. The molecule has 1 aliphatic rings. The third-order valence-corrected chi connectivity index (χ3v) is 5.24. The average Bonchev–Trinajstić information content (AvgIpc) is 3.13. The fourth-order valence-corrected chi connectivity index (χ4v) is 3.62. The van der Waals surface area contributed by atoms with Gasteiger partial charge in [0.25, 0.3) is 0 Å². The van der Waals surface area contributed by atoms with Gasteiger partial charge in [0, 0.05) is 19.7 Å². The predicted molar refractivity (Wildman–Crippen MR) is 94.3 cm³/mol. The number of aromatic nitrogens is 3. The second-order valence-corrected chi connectivity index (χ2v) is 6.93. The molecule has 3 heterocycles. The van der Waals surface area contributed by atoms with Crippen molar-refractivity contribution in [1.82, 2.24) is 14.4 Å². The molecule has 0 bridgehead atoms. The Hall–Kier alpha value is -1.36. The fourth-order valence-electron chi connectivity index (χ4n) is 2.24. The molecule has 3 rings (SSSR count). The molecular weight excluding hydrogens is 417 g/mol. The van der Waals surface area contributed by atoms with Crippen LogP contribution in [0.4, 0.5) is 5.82 Å². The number of fused-ring (bicyclic) bond motifs is 1. The lowest BCUT2D eigenvalue weighted by molar-refractivity contribution is -0.132. The molecule has 2 aromatic rings. The Bertz CT molecular complexity index is 775. The standard InChI is InChI=1S/C13H14IN5O2S/c1-7-6-19-9(14)5-15-11(19)12(16-7)18(2)10-4-8(17-22-10)13(20)21-3/h5-6,10H,4H2,1-3H3. The zero-order chi connectivity index (χ0) is 15.9. The zero-order valence-corrected chi connectivity index (χ0v) is 15.3. The summed E-state index contributed by atoms with van der Waals surface area (Å²) >= 11 is 3.59. The quantitative estimate of drug-likeness (QED) is 0.421. The molecule has 116 valence electrons. The SMILES string of the molecule is COC(=O)C1=NSC(N(C)c2nc(C)cn3c(I)cnc23)C1. The molecule has 9 heteroatoms. The molecule has 22 heavy (non-hydrogen) atoms. The van der Waals surface area contributed by atoms with E-state index in [2.05, 4.69) is 37.0 Å². The minimum Gasteiger partial charge on any atom is -0.465 e. The van der Waals surface area contributed by atoms with Crippen LogP contribution in [0, 0.1) is 10.6 Å². The molecule has 0 amide bonds. The number of hydrogen-bond donors (Lipinski definition) is 0. The Morgan fingerprint density at radius 1 is 1.59 bits per heavy atom. The average molecular weight is 431 g/mol. The molecule has 1 atom stereocenters. The van der Waals surface area contributed by atoms with Crippen LogP contribution in [0.15, 0.2) is 16.8 Å². The molecule has 0 spiro atoms. The number of imidazole rings is 1. The number of nitrogens with zero attached hydrogens (tertiary/aromatic N) is 5. The van der Waals surface area contributed by atoms with Crippen LogP contribution in [0.2, 0.25) is 0 Å². The second kappa shape index (κ2) is 6.03. The first kappa shape index (κ1) is 15.5. The van der Waals surface area contributed by atoms with Gasteiger partial charge >= 0.3 is 5.97 Å². The van der Waals surface area contributed by atoms with E-state index in [1.54, 1.807) is 0 Å². The number of esters is 1. The van der Waals surface area contributed by atoms with Gasteiger partial charge in [-0.15, -0.1) is 0 Å². The van der Waals surface area contributed by atoms with Gasteiger partial charge in [-0.1, -0.05) is 0 Å². The Labute approximate surface area is 145 Å². The van der Waals surface area contributed by atoms with Gasteiger partial charge in [0.15, 0.2) is 11.5 Å². The molecule has 2 aromatic heterocycles. The third kappa shape index (κ3) is 2.67. The van der Waals surface area contributed by atoms with Crippen LogP contribution in [0.5, 0.6) is 0 Å². The summed E-state index contributed by atoms with van der Waals surface area (Å²) in [6.45, 7) is 1.95. The molecule has 1 aliphatic heterocycles. The van der Waals surface area contributed by atoms with Crippen molar-refractivity contribution in [3.05, 3.63) is 21.8 Å². The van der Waals surface area contributed by atoms with E-state index >= 15 is 0 Å². The summed E-state index contributed by atoms with van der Waals surface area (Å²) in [5, 5.41) is 0.00145. The van der Waals surface area contributed by atoms with Crippen molar-refractivity contribution < 1.29 is 9.53 Å². The van der Waals surface area contributed by atoms with Gasteiger partial charge in [-0.25, -0.2) is 19.2 Å². The molecule has 0 saturated carbocycles. The first-order valence-corrected chi connectivity index (χ1v) is 8.47. The summed E-state index contributed by atoms with van der Waals surface area (Å²) in [6, 6.07) is 0. The largest absolute Gasteiger partial charge is 0.465 e. The number of carbonyl (C=O) groups is 1. The van der Waals surface area contributed by atoms with E-state index in [9.17, 15) is 4.79 Å².